The summed E-state index contributed by atoms with van der Waals surface area (Å²) in [6, 6.07) is 13.8. The number of carbonyl (C=O) groups is 1. The first-order valence-electron chi connectivity index (χ1n) is 9.86. The Morgan fingerprint density at radius 3 is 2.76 bits per heavy atom. The summed E-state index contributed by atoms with van der Waals surface area (Å²) in [6.07, 6.45) is 2.97. The van der Waals surface area contributed by atoms with Gasteiger partial charge in [-0.25, -0.2) is 4.98 Å². The number of oxazole rings is 1. The van der Waals surface area contributed by atoms with Crippen LogP contribution < -0.4 is 0 Å². The SMILES string of the molecule is CCOC(=O)C(CC#CCCCc1nc(-c2ccccc2)oc1C)c1cccs1. The third-order valence-corrected chi connectivity index (χ3v) is 5.50. The summed E-state index contributed by atoms with van der Waals surface area (Å²) in [6.45, 7) is 4.16. The van der Waals surface area contributed by atoms with Gasteiger partial charge >= 0.3 is 5.97 Å². The van der Waals surface area contributed by atoms with E-state index in [1.165, 1.54) is 0 Å². The number of hydrogen-bond donors (Lipinski definition) is 0. The Bertz CT molecular complexity index is 965. The molecule has 0 radical (unpaired) electrons. The predicted molar refractivity (Wildman–Crippen MR) is 116 cm³/mol. The molecule has 0 aliphatic rings. The van der Waals surface area contributed by atoms with E-state index in [1.54, 1.807) is 11.3 Å². The zero-order chi connectivity index (χ0) is 20.5. The van der Waals surface area contributed by atoms with Crippen LogP contribution in [-0.2, 0) is 16.0 Å². The third kappa shape index (κ3) is 5.82. The molecule has 1 atom stereocenters. The van der Waals surface area contributed by atoms with Gasteiger partial charge in [0.1, 0.15) is 11.7 Å². The number of hydrogen-bond acceptors (Lipinski definition) is 5. The molecule has 0 N–H and O–H groups in total. The molecule has 29 heavy (non-hydrogen) atoms. The molecule has 4 nitrogen and oxygen atoms in total. The monoisotopic (exact) mass is 407 g/mol. The van der Waals surface area contributed by atoms with Gasteiger partial charge in [0.05, 0.1) is 12.3 Å². The number of rotatable bonds is 8. The summed E-state index contributed by atoms with van der Waals surface area (Å²) < 4.78 is 11.0. The van der Waals surface area contributed by atoms with E-state index in [9.17, 15) is 4.79 Å². The number of unbranched alkanes of at least 4 members (excludes halogenated alkanes) is 1. The zero-order valence-corrected chi connectivity index (χ0v) is 17.6. The molecular weight excluding hydrogens is 382 g/mol. The summed E-state index contributed by atoms with van der Waals surface area (Å²) in [5.41, 5.74) is 1.97. The van der Waals surface area contributed by atoms with Crippen molar-refractivity contribution in [2.24, 2.45) is 0 Å². The molecule has 0 fully saturated rings. The third-order valence-electron chi connectivity index (χ3n) is 4.52. The Hall–Kier alpha value is -2.84. The van der Waals surface area contributed by atoms with E-state index < -0.39 is 0 Å². The number of carbonyl (C=O) groups excluding carboxylic acids is 1. The molecule has 3 aromatic rings. The molecule has 5 heteroatoms. The van der Waals surface area contributed by atoms with E-state index in [0.717, 1.165) is 41.2 Å². The topological polar surface area (TPSA) is 52.3 Å². The minimum atomic E-state index is -0.298. The molecule has 0 bridgehead atoms. The van der Waals surface area contributed by atoms with Crippen LogP contribution in [0.2, 0.25) is 0 Å². The van der Waals surface area contributed by atoms with Crippen molar-refractivity contribution in [1.29, 1.82) is 0 Å². The van der Waals surface area contributed by atoms with Crippen molar-refractivity contribution >= 4 is 17.3 Å². The maximum atomic E-state index is 12.2. The highest BCUT2D eigenvalue weighted by Gasteiger charge is 2.21. The van der Waals surface area contributed by atoms with Crippen LogP contribution >= 0.6 is 11.3 Å². The van der Waals surface area contributed by atoms with Crippen molar-refractivity contribution in [3.63, 3.8) is 0 Å². The molecule has 0 spiro atoms. The first-order chi connectivity index (χ1) is 14.2. The molecule has 3 rings (SSSR count). The lowest BCUT2D eigenvalue weighted by Gasteiger charge is -2.10. The Morgan fingerprint density at radius 2 is 2.03 bits per heavy atom. The van der Waals surface area contributed by atoms with E-state index in [-0.39, 0.29) is 11.9 Å². The lowest BCUT2D eigenvalue weighted by atomic mass is 10.0. The second-order valence-electron chi connectivity index (χ2n) is 6.62. The molecule has 0 amide bonds. The predicted octanol–water partition coefficient (Wildman–Crippen LogP) is 5.77. The Morgan fingerprint density at radius 1 is 1.21 bits per heavy atom. The van der Waals surface area contributed by atoms with Crippen molar-refractivity contribution in [3.8, 4) is 23.3 Å². The summed E-state index contributed by atoms with van der Waals surface area (Å²) >= 11 is 1.57. The van der Waals surface area contributed by atoms with E-state index in [0.29, 0.717) is 18.9 Å². The van der Waals surface area contributed by atoms with Gasteiger partial charge in [-0.1, -0.05) is 24.3 Å². The van der Waals surface area contributed by atoms with Gasteiger partial charge in [0.2, 0.25) is 5.89 Å². The molecule has 0 aliphatic carbocycles. The fraction of sp³-hybridized carbons (Fsp3) is 0.333. The van der Waals surface area contributed by atoms with Crippen LogP contribution in [0.5, 0.6) is 0 Å². The quantitative estimate of drug-likeness (QED) is 0.270. The first kappa shape index (κ1) is 20.9. The molecule has 0 saturated carbocycles. The number of ether oxygens (including phenoxy) is 1. The number of benzene rings is 1. The summed E-state index contributed by atoms with van der Waals surface area (Å²) in [4.78, 5) is 17.8. The summed E-state index contributed by atoms with van der Waals surface area (Å²) in [5.74, 6) is 7.38. The number of thiophene rings is 1. The fourth-order valence-corrected chi connectivity index (χ4v) is 3.82. The highest BCUT2D eigenvalue weighted by atomic mass is 32.1. The van der Waals surface area contributed by atoms with Gasteiger partial charge in [0.25, 0.3) is 0 Å². The maximum Gasteiger partial charge on any atom is 0.315 e. The summed E-state index contributed by atoms with van der Waals surface area (Å²) in [7, 11) is 0. The fourth-order valence-electron chi connectivity index (χ4n) is 3.00. The molecule has 2 heterocycles. The van der Waals surface area contributed by atoms with Crippen LogP contribution in [-0.4, -0.2) is 17.6 Å². The minimum absolute atomic E-state index is 0.198. The molecule has 0 aliphatic heterocycles. The second kappa shape index (κ2) is 10.6. The van der Waals surface area contributed by atoms with Crippen LogP contribution in [0.3, 0.4) is 0 Å². The lowest BCUT2D eigenvalue weighted by molar-refractivity contribution is -0.144. The van der Waals surface area contributed by atoms with Gasteiger partial charge in [0, 0.05) is 23.3 Å². The van der Waals surface area contributed by atoms with Crippen molar-refractivity contribution < 1.29 is 13.9 Å². The average Bonchev–Trinajstić information content (AvgIpc) is 3.38. The van der Waals surface area contributed by atoms with Gasteiger partial charge in [0.15, 0.2) is 0 Å². The molecule has 2 aromatic heterocycles. The summed E-state index contributed by atoms with van der Waals surface area (Å²) in [5, 5.41) is 1.97. The van der Waals surface area contributed by atoms with Crippen molar-refractivity contribution in [2.45, 2.75) is 45.4 Å². The molecule has 1 unspecified atom stereocenters. The maximum absolute atomic E-state index is 12.2. The molecule has 150 valence electrons. The Labute approximate surface area is 175 Å². The Kier molecular flexibility index (Phi) is 7.66. The van der Waals surface area contributed by atoms with Crippen LogP contribution in [0.4, 0.5) is 0 Å². The van der Waals surface area contributed by atoms with Gasteiger partial charge in [-0.05, 0) is 50.3 Å². The van der Waals surface area contributed by atoms with Crippen LogP contribution in [0.15, 0.2) is 52.3 Å². The van der Waals surface area contributed by atoms with Crippen LogP contribution in [0.1, 0.15) is 48.4 Å². The zero-order valence-electron chi connectivity index (χ0n) is 16.8. The van der Waals surface area contributed by atoms with Gasteiger partial charge in [-0.3, -0.25) is 4.79 Å². The van der Waals surface area contributed by atoms with Crippen LogP contribution in [0, 0.1) is 18.8 Å². The average molecular weight is 408 g/mol. The van der Waals surface area contributed by atoms with E-state index in [4.69, 9.17) is 9.15 Å². The van der Waals surface area contributed by atoms with Crippen molar-refractivity contribution in [1.82, 2.24) is 4.98 Å². The molecular formula is C24H25NO3S. The number of aryl methyl sites for hydroxylation is 2. The number of esters is 1. The van der Waals surface area contributed by atoms with Crippen molar-refractivity contribution in [2.75, 3.05) is 6.61 Å². The van der Waals surface area contributed by atoms with Crippen LogP contribution in [0.25, 0.3) is 11.5 Å². The highest BCUT2D eigenvalue weighted by Crippen LogP contribution is 2.26. The smallest absolute Gasteiger partial charge is 0.315 e. The molecule has 1 aromatic carbocycles. The first-order valence-corrected chi connectivity index (χ1v) is 10.7. The largest absolute Gasteiger partial charge is 0.465 e. The lowest BCUT2D eigenvalue weighted by Crippen LogP contribution is -2.14. The van der Waals surface area contributed by atoms with E-state index in [1.807, 2.05) is 61.7 Å². The normalized spacial score (nSPS) is 11.5. The Balaban J connectivity index is 1.51. The van der Waals surface area contributed by atoms with E-state index >= 15 is 0 Å². The number of nitrogens with zero attached hydrogens (tertiary/aromatic N) is 1. The second-order valence-corrected chi connectivity index (χ2v) is 7.60. The van der Waals surface area contributed by atoms with Crippen molar-refractivity contribution in [3.05, 3.63) is 64.2 Å². The minimum Gasteiger partial charge on any atom is -0.465 e. The number of aromatic nitrogens is 1. The van der Waals surface area contributed by atoms with Gasteiger partial charge in [-0.15, -0.1) is 23.2 Å². The van der Waals surface area contributed by atoms with E-state index in [2.05, 4.69) is 16.8 Å². The standard InChI is InChI=1S/C24H25NO3S/c1-3-27-24(26)20(22-16-11-17-29-22)14-9-4-5-10-15-21-18(2)28-23(25-21)19-12-7-6-8-13-19/h6-8,11-13,16-17,20H,3,5,10,14-15H2,1-2H3. The highest BCUT2D eigenvalue weighted by molar-refractivity contribution is 7.10. The van der Waals surface area contributed by atoms with Gasteiger partial charge in [-0.2, -0.15) is 0 Å². The van der Waals surface area contributed by atoms with Gasteiger partial charge < -0.3 is 9.15 Å². The molecule has 0 saturated heterocycles.